The van der Waals surface area contributed by atoms with Crippen LogP contribution in [0.2, 0.25) is 0 Å². The zero-order chi connectivity index (χ0) is 40.5. The summed E-state index contributed by atoms with van der Waals surface area (Å²) < 4.78 is 0. The monoisotopic (exact) mass is 784 g/mol. The summed E-state index contributed by atoms with van der Waals surface area (Å²) in [6.07, 6.45) is 8.40. The van der Waals surface area contributed by atoms with Crippen molar-refractivity contribution in [3.8, 4) is 62.5 Å². The van der Waals surface area contributed by atoms with Gasteiger partial charge in [-0.05, 0) is 130 Å². The van der Waals surface area contributed by atoms with E-state index in [9.17, 15) is 5.26 Å². The second kappa shape index (κ2) is 14.1. The molecule has 0 atom stereocenters. The van der Waals surface area contributed by atoms with Gasteiger partial charge in [0, 0.05) is 16.7 Å². The van der Waals surface area contributed by atoms with Crippen LogP contribution in [0.5, 0.6) is 0 Å². The Labute approximate surface area is 357 Å². The lowest BCUT2D eigenvalue weighted by atomic mass is 9.48. The number of benzene rings is 7. The average Bonchev–Trinajstić information content (AvgIpc) is 3.61. The van der Waals surface area contributed by atoms with E-state index in [4.69, 9.17) is 15.0 Å². The fourth-order valence-corrected chi connectivity index (χ4v) is 12.3. The molecule has 4 saturated carbocycles. The first kappa shape index (κ1) is 35.9. The molecule has 0 aliphatic heterocycles. The fourth-order valence-electron chi connectivity index (χ4n) is 12.3. The lowest BCUT2D eigenvalue weighted by Gasteiger charge is -2.57. The smallest absolute Gasteiger partial charge is 0.164 e. The molecular weight excluding hydrogens is 741 g/mol. The molecule has 0 spiro atoms. The second-order valence-corrected chi connectivity index (χ2v) is 18.1. The Kier molecular flexibility index (Phi) is 8.29. The first-order chi connectivity index (χ1) is 30.1. The van der Waals surface area contributed by atoms with Gasteiger partial charge in [-0.3, -0.25) is 0 Å². The molecule has 61 heavy (non-hydrogen) atoms. The molecule has 0 saturated heterocycles. The van der Waals surface area contributed by atoms with Crippen LogP contribution < -0.4 is 0 Å². The molecule has 5 aliphatic carbocycles. The van der Waals surface area contributed by atoms with Gasteiger partial charge in [0.05, 0.1) is 17.0 Å². The van der Waals surface area contributed by atoms with Crippen molar-refractivity contribution in [3.63, 3.8) is 0 Å². The number of nitrogens with zero attached hydrogens (tertiary/aromatic N) is 4. The van der Waals surface area contributed by atoms with Crippen molar-refractivity contribution in [2.45, 2.75) is 49.4 Å². The summed E-state index contributed by atoms with van der Waals surface area (Å²) in [5, 5.41) is 10.1. The Morgan fingerprint density at radius 2 is 0.836 bits per heavy atom. The maximum absolute atomic E-state index is 10.1. The summed E-state index contributed by atoms with van der Waals surface area (Å²) in [5.74, 6) is 4.75. The lowest BCUT2D eigenvalue weighted by Crippen LogP contribution is -2.48. The number of aromatic nitrogens is 3. The van der Waals surface area contributed by atoms with Crippen molar-refractivity contribution in [2.75, 3.05) is 0 Å². The van der Waals surface area contributed by atoms with Gasteiger partial charge in [0.1, 0.15) is 0 Å². The fraction of sp³-hybridized carbons (Fsp3) is 0.193. The molecule has 13 rings (SSSR count). The lowest BCUT2D eigenvalue weighted by molar-refractivity contribution is -0.00518. The normalized spacial score (nSPS) is 21.4. The highest BCUT2D eigenvalue weighted by Crippen LogP contribution is 2.61. The SMILES string of the molecule is N#Cc1ccc2c(c1)C(c1ccccc1)(c1ccccc1)c1cc(-c3ccc(-c4nc(-c5ccccc5)nc(-c5ccc(C67C[C@H]8C[C@@H](C6)C[C@@H](C7)C8)cc5)n4)cc3)ccc1-2. The summed E-state index contributed by atoms with van der Waals surface area (Å²) in [7, 11) is 0. The molecule has 4 fully saturated rings. The van der Waals surface area contributed by atoms with E-state index in [0.717, 1.165) is 56.7 Å². The predicted octanol–water partition coefficient (Wildman–Crippen LogP) is 13.2. The van der Waals surface area contributed by atoms with Gasteiger partial charge >= 0.3 is 0 Å². The zero-order valence-electron chi connectivity index (χ0n) is 34.0. The van der Waals surface area contributed by atoms with Crippen LogP contribution in [0.3, 0.4) is 0 Å². The van der Waals surface area contributed by atoms with Gasteiger partial charge < -0.3 is 0 Å². The van der Waals surface area contributed by atoms with Crippen LogP contribution in [0.15, 0.2) is 176 Å². The molecule has 5 aliphatic rings. The highest BCUT2D eigenvalue weighted by atomic mass is 15.0. The molecule has 8 aromatic rings. The van der Waals surface area contributed by atoms with E-state index in [0.29, 0.717) is 28.5 Å². The number of rotatable bonds is 7. The first-order valence-corrected chi connectivity index (χ1v) is 21.9. The minimum atomic E-state index is -0.599. The maximum atomic E-state index is 10.1. The van der Waals surface area contributed by atoms with Gasteiger partial charge in [-0.2, -0.15) is 5.26 Å². The summed E-state index contributed by atoms with van der Waals surface area (Å²) in [6, 6.07) is 65.0. The van der Waals surface area contributed by atoms with Crippen molar-refractivity contribution in [1.82, 2.24) is 15.0 Å². The standard InChI is InChI=1S/C57H44N4/c58-36-37-16-26-49-50-27-23-45(32-52(50)57(51(49)31-37,47-12-6-2-7-13-47)48-14-8-3-9-15-48)41-17-19-43(20-18-41)54-59-53(42-10-4-1-5-11-42)60-55(61-54)44-21-24-46(25-22-44)56-33-38-28-39(34-56)30-40(29-38)35-56/h1-27,31-32,38-40H,28-30,33-35H2/t38-,39+,40-,56?. The molecule has 1 aromatic heterocycles. The third kappa shape index (κ3) is 5.82. The van der Waals surface area contributed by atoms with Gasteiger partial charge in [-0.25, -0.2) is 15.0 Å². The van der Waals surface area contributed by atoms with Crippen LogP contribution in [-0.2, 0) is 10.8 Å². The number of hydrogen-bond donors (Lipinski definition) is 0. The minimum Gasteiger partial charge on any atom is -0.208 e. The van der Waals surface area contributed by atoms with Gasteiger partial charge in [0.2, 0.25) is 0 Å². The molecule has 7 aromatic carbocycles. The molecular formula is C57H44N4. The van der Waals surface area contributed by atoms with Crippen molar-refractivity contribution in [3.05, 3.63) is 209 Å². The number of fused-ring (bicyclic) bond motifs is 3. The van der Waals surface area contributed by atoms with Crippen LogP contribution in [0.1, 0.15) is 71.9 Å². The molecule has 4 bridgehead atoms. The van der Waals surface area contributed by atoms with Crippen molar-refractivity contribution >= 4 is 0 Å². The Balaban J connectivity index is 0.931. The first-order valence-electron chi connectivity index (χ1n) is 21.9. The predicted molar refractivity (Wildman–Crippen MR) is 243 cm³/mol. The second-order valence-electron chi connectivity index (χ2n) is 18.1. The summed E-state index contributed by atoms with van der Waals surface area (Å²) >= 11 is 0. The zero-order valence-corrected chi connectivity index (χ0v) is 34.0. The summed E-state index contributed by atoms with van der Waals surface area (Å²) in [6.45, 7) is 0. The van der Waals surface area contributed by atoms with Crippen LogP contribution in [-0.4, -0.2) is 15.0 Å². The van der Waals surface area contributed by atoms with E-state index in [1.165, 1.54) is 66.3 Å². The van der Waals surface area contributed by atoms with Crippen LogP contribution in [0, 0.1) is 29.1 Å². The molecule has 1 heterocycles. The number of nitriles is 1. The molecule has 0 amide bonds. The minimum absolute atomic E-state index is 0.350. The molecule has 0 N–H and O–H groups in total. The van der Waals surface area contributed by atoms with Crippen molar-refractivity contribution in [2.24, 2.45) is 17.8 Å². The Morgan fingerprint density at radius 3 is 1.36 bits per heavy atom. The van der Waals surface area contributed by atoms with E-state index in [1.54, 1.807) is 0 Å². The van der Waals surface area contributed by atoms with Crippen LogP contribution in [0.4, 0.5) is 0 Å². The molecule has 4 heteroatoms. The summed E-state index contributed by atoms with van der Waals surface area (Å²) in [5.41, 5.74) is 14.1. The number of hydrogen-bond acceptors (Lipinski definition) is 4. The quantitative estimate of drug-likeness (QED) is 0.161. The summed E-state index contributed by atoms with van der Waals surface area (Å²) in [4.78, 5) is 15.3. The molecule has 0 radical (unpaired) electrons. The molecule has 292 valence electrons. The van der Waals surface area contributed by atoms with Gasteiger partial charge in [0.25, 0.3) is 0 Å². The van der Waals surface area contributed by atoms with E-state index < -0.39 is 5.41 Å². The van der Waals surface area contributed by atoms with Crippen molar-refractivity contribution in [1.29, 1.82) is 5.26 Å². The van der Waals surface area contributed by atoms with Gasteiger partial charge in [0.15, 0.2) is 17.5 Å². The average molecular weight is 785 g/mol. The highest BCUT2D eigenvalue weighted by molar-refractivity contribution is 5.89. The topological polar surface area (TPSA) is 62.5 Å². The molecule has 4 nitrogen and oxygen atoms in total. The third-order valence-electron chi connectivity index (χ3n) is 14.6. The Hall–Kier alpha value is -6.96. The third-order valence-corrected chi connectivity index (χ3v) is 14.6. The van der Waals surface area contributed by atoms with Crippen LogP contribution >= 0.6 is 0 Å². The Morgan fingerprint density at radius 1 is 0.410 bits per heavy atom. The van der Waals surface area contributed by atoms with E-state index >= 15 is 0 Å². The van der Waals surface area contributed by atoms with Gasteiger partial charge in [-0.15, -0.1) is 0 Å². The van der Waals surface area contributed by atoms with E-state index in [1.807, 2.05) is 24.3 Å². The molecule has 0 unspecified atom stereocenters. The van der Waals surface area contributed by atoms with E-state index in [-0.39, 0.29) is 0 Å². The van der Waals surface area contributed by atoms with E-state index in [2.05, 4.69) is 158 Å². The van der Waals surface area contributed by atoms with Gasteiger partial charge in [-0.1, -0.05) is 158 Å². The Bertz CT molecular complexity index is 2910. The largest absolute Gasteiger partial charge is 0.208 e. The highest BCUT2D eigenvalue weighted by Gasteiger charge is 2.51. The van der Waals surface area contributed by atoms with Crippen LogP contribution in [0.25, 0.3) is 56.4 Å². The van der Waals surface area contributed by atoms with Crippen molar-refractivity contribution < 1.29 is 0 Å². The maximum Gasteiger partial charge on any atom is 0.164 e.